The van der Waals surface area contributed by atoms with Crippen LogP contribution in [0.1, 0.15) is 47.2 Å². The Labute approximate surface area is 119 Å². The van der Waals surface area contributed by atoms with E-state index in [9.17, 15) is 13.2 Å². The van der Waals surface area contributed by atoms with E-state index in [1.807, 2.05) is 0 Å². The van der Waals surface area contributed by atoms with Gasteiger partial charge >= 0.3 is 0 Å². The molecule has 0 spiro atoms. The molecule has 1 saturated carbocycles. The fraction of sp³-hybridized carbons (Fsp3) is 0.500. The first-order valence-electron chi connectivity index (χ1n) is 6.74. The highest BCUT2D eigenvalue weighted by Gasteiger charge is 2.21. The van der Waals surface area contributed by atoms with Crippen molar-refractivity contribution >= 4 is 15.9 Å². The lowest BCUT2D eigenvalue weighted by atomic mass is 10.1. The van der Waals surface area contributed by atoms with Gasteiger partial charge in [-0.3, -0.25) is 4.79 Å². The maximum absolute atomic E-state index is 12.2. The summed E-state index contributed by atoms with van der Waals surface area (Å²) in [6.07, 6.45) is 4.22. The Balaban J connectivity index is 2.32. The summed E-state index contributed by atoms with van der Waals surface area (Å²) < 4.78 is 23.1. The van der Waals surface area contributed by atoms with Crippen LogP contribution in [-0.2, 0) is 10.0 Å². The van der Waals surface area contributed by atoms with Crippen molar-refractivity contribution in [1.29, 1.82) is 0 Å². The average molecular weight is 296 g/mol. The number of benzene rings is 1. The van der Waals surface area contributed by atoms with Gasteiger partial charge in [-0.1, -0.05) is 12.8 Å². The molecule has 1 amide bonds. The fourth-order valence-electron chi connectivity index (χ4n) is 2.59. The number of rotatable bonds is 3. The number of nitrogens with one attached hydrogen (secondary N) is 1. The number of primary sulfonamides is 1. The van der Waals surface area contributed by atoms with Crippen molar-refractivity contribution in [2.75, 3.05) is 0 Å². The lowest BCUT2D eigenvalue weighted by Crippen LogP contribution is -2.32. The van der Waals surface area contributed by atoms with E-state index in [0.29, 0.717) is 11.1 Å². The fourth-order valence-corrected chi connectivity index (χ4v) is 3.47. The standard InChI is InChI=1S/C14H20N2O3S/c1-9-7-11(8-13(10(9)2)20(15,18)19)14(17)16-12-5-3-4-6-12/h7-8,12H,3-6H2,1-2H3,(H,16,17)(H2,15,18,19). The highest BCUT2D eigenvalue weighted by atomic mass is 32.2. The van der Waals surface area contributed by atoms with Gasteiger partial charge in [0.15, 0.2) is 0 Å². The van der Waals surface area contributed by atoms with Crippen LogP contribution in [0.3, 0.4) is 0 Å². The molecule has 3 N–H and O–H groups in total. The van der Waals surface area contributed by atoms with E-state index in [1.165, 1.54) is 6.07 Å². The molecule has 0 unspecified atom stereocenters. The average Bonchev–Trinajstić information content (AvgIpc) is 2.83. The first kappa shape index (κ1) is 15.0. The third-order valence-electron chi connectivity index (χ3n) is 3.88. The molecule has 1 aliphatic carbocycles. The van der Waals surface area contributed by atoms with Gasteiger partial charge in [0.25, 0.3) is 5.91 Å². The second-order valence-corrected chi connectivity index (χ2v) is 6.95. The van der Waals surface area contributed by atoms with E-state index in [-0.39, 0.29) is 16.8 Å². The van der Waals surface area contributed by atoms with Crippen LogP contribution in [-0.4, -0.2) is 20.4 Å². The number of aryl methyl sites for hydroxylation is 1. The number of carbonyl (C=O) groups excluding carboxylic acids is 1. The molecule has 0 atom stereocenters. The molecule has 0 bridgehead atoms. The predicted molar refractivity (Wildman–Crippen MR) is 77.0 cm³/mol. The lowest BCUT2D eigenvalue weighted by Gasteiger charge is -2.14. The quantitative estimate of drug-likeness (QED) is 0.888. The molecule has 0 heterocycles. The Hall–Kier alpha value is -1.40. The van der Waals surface area contributed by atoms with E-state index in [1.54, 1.807) is 19.9 Å². The monoisotopic (exact) mass is 296 g/mol. The van der Waals surface area contributed by atoms with Gasteiger partial charge in [-0.05, 0) is 49.9 Å². The summed E-state index contributed by atoms with van der Waals surface area (Å²) in [5.74, 6) is -0.232. The van der Waals surface area contributed by atoms with Crippen LogP contribution in [0.15, 0.2) is 17.0 Å². The molecule has 1 aliphatic rings. The third kappa shape index (κ3) is 3.19. The van der Waals surface area contributed by atoms with Gasteiger partial charge in [0.2, 0.25) is 10.0 Å². The zero-order chi connectivity index (χ0) is 14.9. The topological polar surface area (TPSA) is 89.3 Å². The Bertz CT molecular complexity index is 632. The molecule has 2 rings (SSSR count). The Morgan fingerprint density at radius 2 is 1.85 bits per heavy atom. The van der Waals surface area contributed by atoms with Crippen LogP contribution in [0, 0.1) is 13.8 Å². The number of carbonyl (C=O) groups is 1. The minimum absolute atomic E-state index is 0.0223. The zero-order valence-electron chi connectivity index (χ0n) is 11.8. The molecule has 0 aromatic heterocycles. The molecule has 0 radical (unpaired) electrons. The van der Waals surface area contributed by atoms with E-state index in [4.69, 9.17) is 5.14 Å². The molecule has 5 nitrogen and oxygen atoms in total. The zero-order valence-corrected chi connectivity index (χ0v) is 12.6. The number of nitrogens with two attached hydrogens (primary N) is 1. The Kier molecular flexibility index (Phi) is 4.15. The van der Waals surface area contributed by atoms with Crippen LogP contribution < -0.4 is 10.5 Å². The van der Waals surface area contributed by atoms with Crippen molar-refractivity contribution in [3.8, 4) is 0 Å². The highest BCUT2D eigenvalue weighted by molar-refractivity contribution is 7.89. The van der Waals surface area contributed by atoms with E-state index < -0.39 is 10.0 Å². The van der Waals surface area contributed by atoms with Crippen molar-refractivity contribution in [1.82, 2.24) is 5.32 Å². The SMILES string of the molecule is Cc1cc(C(=O)NC2CCCC2)cc(S(N)(=O)=O)c1C. The van der Waals surface area contributed by atoms with Crippen LogP contribution >= 0.6 is 0 Å². The van der Waals surface area contributed by atoms with Crippen LogP contribution in [0.5, 0.6) is 0 Å². The Morgan fingerprint density at radius 1 is 1.25 bits per heavy atom. The third-order valence-corrected chi connectivity index (χ3v) is 4.92. The smallest absolute Gasteiger partial charge is 0.251 e. The maximum Gasteiger partial charge on any atom is 0.251 e. The molecule has 0 aliphatic heterocycles. The van der Waals surface area contributed by atoms with Crippen molar-refractivity contribution in [3.05, 3.63) is 28.8 Å². The summed E-state index contributed by atoms with van der Waals surface area (Å²) in [5, 5.41) is 8.15. The van der Waals surface area contributed by atoms with Gasteiger partial charge < -0.3 is 5.32 Å². The number of hydrogen-bond acceptors (Lipinski definition) is 3. The summed E-state index contributed by atoms with van der Waals surface area (Å²) in [6, 6.07) is 3.26. The Morgan fingerprint density at radius 3 is 2.40 bits per heavy atom. The van der Waals surface area contributed by atoms with Gasteiger partial charge in [-0.25, -0.2) is 13.6 Å². The molecular formula is C14H20N2O3S. The maximum atomic E-state index is 12.2. The summed E-state index contributed by atoms with van der Waals surface area (Å²) in [5.41, 5.74) is 1.68. The number of sulfonamides is 1. The number of amides is 1. The van der Waals surface area contributed by atoms with Crippen LogP contribution in [0.2, 0.25) is 0 Å². The van der Waals surface area contributed by atoms with Gasteiger partial charge in [-0.15, -0.1) is 0 Å². The molecule has 1 aromatic rings. The van der Waals surface area contributed by atoms with Gasteiger partial charge in [0, 0.05) is 11.6 Å². The summed E-state index contributed by atoms with van der Waals surface area (Å²) in [4.78, 5) is 12.2. The molecule has 110 valence electrons. The van der Waals surface area contributed by atoms with Gasteiger partial charge in [0.05, 0.1) is 4.90 Å². The molecule has 0 saturated heterocycles. The molecule has 1 fully saturated rings. The highest BCUT2D eigenvalue weighted by Crippen LogP contribution is 2.22. The summed E-state index contributed by atoms with van der Waals surface area (Å²) >= 11 is 0. The van der Waals surface area contributed by atoms with Crippen molar-refractivity contribution in [2.45, 2.75) is 50.5 Å². The summed E-state index contributed by atoms with van der Waals surface area (Å²) in [6.45, 7) is 3.46. The van der Waals surface area contributed by atoms with Crippen molar-refractivity contribution in [3.63, 3.8) is 0 Å². The lowest BCUT2D eigenvalue weighted by molar-refractivity contribution is 0.0937. The second kappa shape index (κ2) is 5.54. The largest absolute Gasteiger partial charge is 0.349 e. The minimum atomic E-state index is -3.82. The molecule has 6 heteroatoms. The van der Waals surface area contributed by atoms with E-state index in [0.717, 1.165) is 31.2 Å². The van der Waals surface area contributed by atoms with Crippen LogP contribution in [0.4, 0.5) is 0 Å². The van der Waals surface area contributed by atoms with Crippen molar-refractivity contribution in [2.24, 2.45) is 5.14 Å². The van der Waals surface area contributed by atoms with Gasteiger partial charge in [-0.2, -0.15) is 0 Å². The molecule has 20 heavy (non-hydrogen) atoms. The van der Waals surface area contributed by atoms with E-state index >= 15 is 0 Å². The van der Waals surface area contributed by atoms with Gasteiger partial charge in [0.1, 0.15) is 0 Å². The molecule has 1 aromatic carbocycles. The second-order valence-electron chi connectivity index (χ2n) is 5.42. The first-order chi connectivity index (χ1) is 9.29. The van der Waals surface area contributed by atoms with Crippen molar-refractivity contribution < 1.29 is 13.2 Å². The van der Waals surface area contributed by atoms with E-state index in [2.05, 4.69) is 5.32 Å². The minimum Gasteiger partial charge on any atom is -0.349 e. The van der Waals surface area contributed by atoms with Crippen LogP contribution in [0.25, 0.3) is 0 Å². The number of hydrogen-bond donors (Lipinski definition) is 2. The first-order valence-corrected chi connectivity index (χ1v) is 8.28. The molecular weight excluding hydrogens is 276 g/mol. The normalized spacial score (nSPS) is 16.4. The summed E-state index contributed by atoms with van der Waals surface area (Å²) in [7, 11) is -3.82. The predicted octanol–water partition coefficient (Wildman–Crippen LogP) is 1.62.